The summed E-state index contributed by atoms with van der Waals surface area (Å²) in [5.41, 5.74) is 2.68. The molecule has 0 radical (unpaired) electrons. The molecule has 1 saturated carbocycles. The lowest BCUT2D eigenvalue weighted by molar-refractivity contribution is -0.125. The van der Waals surface area contributed by atoms with Gasteiger partial charge in [-0.05, 0) is 37.8 Å². The van der Waals surface area contributed by atoms with Crippen LogP contribution in [0, 0.1) is 6.92 Å². The van der Waals surface area contributed by atoms with Crippen LogP contribution in [-0.4, -0.2) is 60.0 Å². The second kappa shape index (κ2) is 9.33. The molecule has 1 saturated heterocycles. The van der Waals surface area contributed by atoms with Crippen LogP contribution in [0.2, 0.25) is 0 Å². The summed E-state index contributed by atoms with van der Waals surface area (Å²) < 4.78 is 0. The van der Waals surface area contributed by atoms with Crippen molar-refractivity contribution in [2.45, 2.75) is 58.2 Å². The molecule has 1 aliphatic heterocycles. The number of nitrogens with zero attached hydrogens (tertiary/aromatic N) is 2. The Morgan fingerprint density at radius 1 is 1.11 bits per heavy atom. The molecule has 1 aliphatic carbocycles. The summed E-state index contributed by atoms with van der Waals surface area (Å²) in [6, 6.07) is 8.06. The second-order valence-corrected chi connectivity index (χ2v) is 7.86. The Balaban J connectivity index is 1.42. The van der Waals surface area contributed by atoms with E-state index >= 15 is 0 Å². The highest BCUT2D eigenvalue weighted by Gasteiger charge is 2.27. The molecule has 1 heterocycles. The zero-order chi connectivity index (χ0) is 19.2. The summed E-state index contributed by atoms with van der Waals surface area (Å²) in [7, 11) is 0. The Bertz CT molecular complexity index is 649. The number of aryl methyl sites for hydroxylation is 1. The lowest BCUT2D eigenvalue weighted by atomic mass is 10.1. The van der Waals surface area contributed by atoms with E-state index in [1.54, 1.807) is 0 Å². The van der Waals surface area contributed by atoms with Crippen molar-refractivity contribution in [3.63, 3.8) is 0 Å². The Morgan fingerprint density at radius 2 is 1.78 bits per heavy atom. The quantitative estimate of drug-likeness (QED) is 0.832. The third-order valence-corrected chi connectivity index (χ3v) is 5.92. The maximum atomic E-state index is 12.4. The highest BCUT2D eigenvalue weighted by Crippen LogP contribution is 2.17. The fourth-order valence-corrected chi connectivity index (χ4v) is 4.01. The molecular formula is C21H32N4O2. The van der Waals surface area contributed by atoms with Gasteiger partial charge < -0.3 is 5.32 Å². The van der Waals surface area contributed by atoms with Crippen LogP contribution in [0.5, 0.6) is 0 Å². The number of hydrogen-bond acceptors (Lipinski definition) is 4. The molecule has 2 aliphatic rings. The smallest absolute Gasteiger partial charge is 0.321 e. The van der Waals surface area contributed by atoms with Gasteiger partial charge in [0.25, 0.3) is 0 Å². The van der Waals surface area contributed by atoms with E-state index in [9.17, 15) is 9.59 Å². The first-order valence-electron chi connectivity index (χ1n) is 10.1. The summed E-state index contributed by atoms with van der Waals surface area (Å²) in [6.45, 7) is 8.52. The molecule has 27 heavy (non-hydrogen) atoms. The van der Waals surface area contributed by atoms with Crippen molar-refractivity contribution in [1.29, 1.82) is 0 Å². The van der Waals surface area contributed by atoms with Gasteiger partial charge in [-0.1, -0.05) is 37.1 Å². The van der Waals surface area contributed by atoms with Gasteiger partial charge in [0, 0.05) is 38.8 Å². The number of urea groups is 1. The Morgan fingerprint density at radius 3 is 2.44 bits per heavy atom. The predicted molar refractivity (Wildman–Crippen MR) is 106 cm³/mol. The molecular weight excluding hydrogens is 340 g/mol. The molecule has 1 unspecified atom stereocenters. The number of benzene rings is 1. The summed E-state index contributed by atoms with van der Waals surface area (Å²) in [5, 5.41) is 5.43. The van der Waals surface area contributed by atoms with Crippen molar-refractivity contribution in [2.24, 2.45) is 0 Å². The van der Waals surface area contributed by atoms with Crippen molar-refractivity contribution in [1.82, 2.24) is 20.4 Å². The van der Waals surface area contributed by atoms with Gasteiger partial charge >= 0.3 is 6.03 Å². The molecule has 2 N–H and O–H groups in total. The summed E-state index contributed by atoms with van der Waals surface area (Å²) in [5.74, 6) is -0.210. The number of rotatable bonds is 5. The van der Waals surface area contributed by atoms with Gasteiger partial charge in [-0.15, -0.1) is 0 Å². The molecule has 1 aromatic rings. The number of carbonyl (C=O) groups is 2. The Hall–Kier alpha value is -1.92. The van der Waals surface area contributed by atoms with Crippen LogP contribution in [0.25, 0.3) is 0 Å². The lowest BCUT2D eigenvalue weighted by Gasteiger charge is -2.37. The predicted octanol–water partition coefficient (Wildman–Crippen LogP) is 2.27. The number of imide groups is 1. The molecule has 0 spiro atoms. The Labute approximate surface area is 162 Å². The van der Waals surface area contributed by atoms with Gasteiger partial charge in [-0.2, -0.15) is 0 Å². The molecule has 3 amide bonds. The van der Waals surface area contributed by atoms with E-state index < -0.39 is 0 Å². The van der Waals surface area contributed by atoms with Crippen LogP contribution >= 0.6 is 0 Å². The van der Waals surface area contributed by atoms with Crippen molar-refractivity contribution in [3.05, 3.63) is 35.4 Å². The topological polar surface area (TPSA) is 64.7 Å². The average Bonchev–Trinajstić information content (AvgIpc) is 3.16. The van der Waals surface area contributed by atoms with Gasteiger partial charge in [0.2, 0.25) is 5.91 Å². The molecule has 3 rings (SSSR count). The molecule has 1 aromatic carbocycles. The second-order valence-electron chi connectivity index (χ2n) is 7.86. The number of nitrogens with one attached hydrogen (secondary N) is 2. The van der Waals surface area contributed by atoms with Crippen molar-refractivity contribution in [3.8, 4) is 0 Å². The molecule has 2 fully saturated rings. The lowest BCUT2D eigenvalue weighted by Crippen LogP contribution is -2.55. The summed E-state index contributed by atoms with van der Waals surface area (Å²) in [4.78, 5) is 29.0. The number of piperazine rings is 1. The fourth-order valence-electron chi connectivity index (χ4n) is 4.01. The van der Waals surface area contributed by atoms with E-state index in [0.29, 0.717) is 0 Å². The van der Waals surface area contributed by atoms with Gasteiger partial charge in [-0.3, -0.25) is 19.9 Å². The third-order valence-electron chi connectivity index (χ3n) is 5.92. The van der Waals surface area contributed by atoms with Crippen LogP contribution in [0.4, 0.5) is 4.79 Å². The molecule has 0 bridgehead atoms. The fraction of sp³-hybridized carbons (Fsp3) is 0.619. The minimum atomic E-state index is -0.350. The zero-order valence-electron chi connectivity index (χ0n) is 16.5. The number of amides is 3. The minimum absolute atomic E-state index is 0.210. The number of hydrogen-bond donors (Lipinski definition) is 2. The van der Waals surface area contributed by atoms with Gasteiger partial charge in [0.1, 0.15) is 0 Å². The first-order chi connectivity index (χ1) is 13.0. The van der Waals surface area contributed by atoms with Crippen LogP contribution in [-0.2, 0) is 11.3 Å². The van der Waals surface area contributed by atoms with E-state index in [1.165, 1.54) is 11.1 Å². The monoisotopic (exact) mass is 372 g/mol. The summed E-state index contributed by atoms with van der Waals surface area (Å²) in [6.07, 6.45) is 4.34. The maximum Gasteiger partial charge on any atom is 0.321 e. The molecule has 6 nitrogen and oxygen atoms in total. The maximum absolute atomic E-state index is 12.4. The SMILES string of the molecule is Cc1ccccc1CN1CCN(C(C)C(=O)NC(=O)NC2CCCC2)CC1. The van der Waals surface area contributed by atoms with E-state index in [4.69, 9.17) is 0 Å². The molecule has 1 atom stereocenters. The highest BCUT2D eigenvalue weighted by molar-refractivity contribution is 5.96. The van der Waals surface area contributed by atoms with Gasteiger partial charge in [-0.25, -0.2) is 4.79 Å². The minimum Gasteiger partial charge on any atom is -0.335 e. The van der Waals surface area contributed by atoms with Crippen LogP contribution in [0.15, 0.2) is 24.3 Å². The van der Waals surface area contributed by atoms with Crippen molar-refractivity contribution >= 4 is 11.9 Å². The average molecular weight is 373 g/mol. The van der Waals surface area contributed by atoms with E-state index in [-0.39, 0.29) is 24.0 Å². The van der Waals surface area contributed by atoms with Crippen LogP contribution in [0.3, 0.4) is 0 Å². The van der Waals surface area contributed by atoms with E-state index in [0.717, 1.165) is 58.4 Å². The van der Waals surface area contributed by atoms with E-state index in [1.807, 2.05) is 6.92 Å². The molecule has 148 valence electrons. The Kier molecular flexibility index (Phi) is 6.85. The zero-order valence-corrected chi connectivity index (χ0v) is 16.5. The first-order valence-corrected chi connectivity index (χ1v) is 10.1. The number of carbonyl (C=O) groups excluding carboxylic acids is 2. The van der Waals surface area contributed by atoms with Crippen molar-refractivity contribution in [2.75, 3.05) is 26.2 Å². The third kappa shape index (κ3) is 5.53. The van der Waals surface area contributed by atoms with Crippen LogP contribution < -0.4 is 10.6 Å². The highest BCUT2D eigenvalue weighted by atomic mass is 16.2. The van der Waals surface area contributed by atoms with Crippen molar-refractivity contribution < 1.29 is 9.59 Å². The molecule has 0 aromatic heterocycles. The van der Waals surface area contributed by atoms with E-state index in [2.05, 4.69) is 51.6 Å². The van der Waals surface area contributed by atoms with Gasteiger partial charge in [0.15, 0.2) is 0 Å². The summed E-state index contributed by atoms with van der Waals surface area (Å²) >= 11 is 0. The standard InChI is InChI=1S/C21H32N4O2/c1-16-7-3-4-8-18(16)15-24-11-13-25(14-12-24)17(2)20(26)23-21(27)22-19-9-5-6-10-19/h3-4,7-8,17,19H,5-6,9-15H2,1-2H3,(H2,22,23,26,27). The largest absolute Gasteiger partial charge is 0.335 e. The molecule has 6 heteroatoms. The van der Waals surface area contributed by atoms with Crippen LogP contribution in [0.1, 0.15) is 43.7 Å². The van der Waals surface area contributed by atoms with Gasteiger partial charge in [0.05, 0.1) is 6.04 Å². The first kappa shape index (κ1) is 19.8. The normalized spacial score (nSPS) is 20.4.